The minimum atomic E-state index is -0.711. The van der Waals surface area contributed by atoms with Gasteiger partial charge in [0.2, 0.25) is 5.95 Å². The molecule has 0 spiro atoms. The van der Waals surface area contributed by atoms with Crippen LogP contribution < -0.4 is 4.90 Å². The molecule has 1 saturated heterocycles. The first kappa shape index (κ1) is 22.0. The zero-order chi connectivity index (χ0) is 24.3. The van der Waals surface area contributed by atoms with E-state index in [9.17, 15) is 8.78 Å². The van der Waals surface area contributed by atoms with Crippen LogP contribution in [0.25, 0.3) is 22.4 Å². The topological polar surface area (TPSA) is 81.9 Å². The molecular formula is C25H25F2N7O. The molecular weight excluding hydrogens is 452 g/mol. The lowest BCUT2D eigenvalue weighted by Gasteiger charge is -2.36. The maximum absolute atomic E-state index is 14.8. The summed E-state index contributed by atoms with van der Waals surface area (Å²) in [6.45, 7) is 6.75. The summed E-state index contributed by atoms with van der Waals surface area (Å²) in [5.74, 6) is -0.959. The van der Waals surface area contributed by atoms with E-state index in [4.69, 9.17) is 14.7 Å². The highest BCUT2D eigenvalue weighted by Gasteiger charge is 2.32. The van der Waals surface area contributed by atoms with Crippen molar-refractivity contribution < 1.29 is 13.5 Å². The van der Waals surface area contributed by atoms with Crippen LogP contribution >= 0.6 is 0 Å². The van der Waals surface area contributed by atoms with E-state index in [1.165, 1.54) is 12.1 Å². The fraction of sp³-hybridized carbons (Fsp3) is 0.400. The number of hydrogen-bond acceptors (Lipinski definition) is 7. The Morgan fingerprint density at radius 2 is 1.80 bits per heavy atom. The molecule has 0 N–H and O–H groups in total. The summed E-state index contributed by atoms with van der Waals surface area (Å²) in [5.41, 5.74) is 3.63. The minimum absolute atomic E-state index is 0.0887. The Morgan fingerprint density at radius 3 is 2.57 bits per heavy atom. The number of fused-ring (bicyclic) bond motifs is 1. The van der Waals surface area contributed by atoms with Crippen molar-refractivity contribution in [2.24, 2.45) is 0 Å². The van der Waals surface area contributed by atoms with Gasteiger partial charge in [-0.15, -0.1) is 0 Å². The summed E-state index contributed by atoms with van der Waals surface area (Å²) < 4.78 is 36.7. The fourth-order valence-corrected chi connectivity index (χ4v) is 4.47. The molecule has 0 radical (unpaired) electrons. The molecule has 6 rings (SSSR count). The van der Waals surface area contributed by atoms with Gasteiger partial charge in [0, 0.05) is 29.9 Å². The van der Waals surface area contributed by atoms with Crippen molar-refractivity contribution in [3.8, 4) is 11.3 Å². The van der Waals surface area contributed by atoms with Crippen molar-refractivity contribution in [1.82, 2.24) is 29.7 Å². The van der Waals surface area contributed by atoms with Crippen LogP contribution in [-0.4, -0.2) is 48.9 Å². The number of aromatic nitrogens is 6. The zero-order valence-corrected chi connectivity index (χ0v) is 19.7. The Kier molecular flexibility index (Phi) is 5.21. The van der Waals surface area contributed by atoms with Gasteiger partial charge >= 0.3 is 0 Å². The number of anilines is 1. The highest BCUT2D eigenvalue weighted by Crippen LogP contribution is 2.36. The van der Waals surface area contributed by atoms with E-state index >= 15 is 0 Å². The molecule has 1 aliphatic carbocycles. The number of nitrogens with zero attached hydrogens (tertiary/aromatic N) is 7. The van der Waals surface area contributed by atoms with E-state index in [2.05, 4.69) is 21.3 Å². The van der Waals surface area contributed by atoms with Gasteiger partial charge < -0.3 is 9.64 Å². The van der Waals surface area contributed by atoms with Crippen LogP contribution in [0.4, 0.5) is 14.7 Å². The lowest BCUT2D eigenvalue weighted by Crippen LogP contribution is -2.43. The van der Waals surface area contributed by atoms with E-state index < -0.39 is 11.6 Å². The molecule has 0 bridgehead atoms. The first-order chi connectivity index (χ1) is 16.9. The van der Waals surface area contributed by atoms with E-state index in [0.29, 0.717) is 41.9 Å². The Labute approximate surface area is 201 Å². The maximum Gasteiger partial charge on any atom is 0.228 e. The van der Waals surface area contributed by atoms with Gasteiger partial charge in [-0.2, -0.15) is 10.1 Å². The van der Waals surface area contributed by atoms with Crippen LogP contribution in [0.3, 0.4) is 0 Å². The van der Waals surface area contributed by atoms with Crippen molar-refractivity contribution in [1.29, 1.82) is 0 Å². The molecule has 180 valence electrons. The lowest BCUT2D eigenvalue weighted by molar-refractivity contribution is -0.0178. The minimum Gasteiger partial charge on any atom is -0.367 e. The third kappa shape index (κ3) is 4.12. The van der Waals surface area contributed by atoms with Gasteiger partial charge in [-0.1, -0.05) is 0 Å². The Balaban J connectivity index is 1.43. The van der Waals surface area contributed by atoms with Gasteiger partial charge in [0.1, 0.15) is 28.9 Å². The summed E-state index contributed by atoms with van der Waals surface area (Å²) in [6.07, 6.45) is 5.93. The van der Waals surface area contributed by atoms with Gasteiger partial charge in [0.05, 0.1) is 36.3 Å². The van der Waals surface area contributed by atoms with Crippen LogP contribution in [0.2, 0.25) is 0 Å². The molecule has 2 aliphatic rings. The standard InChI is InChI=1S/C25H25F2N7O/c1-13-10-33(12-21(35-13)16-9-28-34(11-16)18-5-6-18)25-31-22(19-7-4-17(26)8-20(19)27)23-24(32-25)30-15(3)14(2)29-23/h4,7-9,11,13,18,21H,5-6,10,12H2,1-3H3/t13-,21+/m1/s1. The Hall–Kier alpha value is -3.53. The van der Waals surface area contributed by atoms with Gasteiger partial charge in [0.15, 0.2) is 5.65 Å². The second-order valence-corrected chi connectivity index (χ2v) is 9.39. The number of benzene rings is 1. The van der Waals surface area contributed by atoms with Crippen molar-refractivity contribution in [3.63, 3.8) is 0 Å². The summed E-state index contributed by atoms with van der Waals surface area (Å²) in [4.78, 5) is 20.7. The molecule has 1 saturated carbocycles. The predicted molar refractivity (Wildman–Crippen MR) is 126 cm³/mol. The maximum atomic E-state index is 14.8. The van der Waals surface area contributed by atoms with E-state index in [0.717, 1.165) is 30.2 Å². The Bertz CT molecular complexity index is 1440. The van der Waals surface area contributed by atoms with Crippen molar-refractivity contribution >= 4 is 17.1 Å². The highest BCUT2D eigenvalue weighted by molar-refractivity contribution is 5.88. The number of hydrogen-bond donors (Lipinski definition) is 0. The highest BCUT2D eigenvalue weighted by atomic mass is 19.1. The number of ether oxygens (including phenoxy) is 1. The first-order valence-electron chi connectivity index (χ1n) is 11.8. The normalized spacial score (nSPS) is 20.5. The third-order valence-electron chi connectivity index (χ3n) is 6.57. The SMILES string of the molecule is Cc1nc2nc(N3C[C@@H](C)O[C@H](c4cnn(C5CC5)c4)C3)nc(-c3ccc(F)cc3F)c2nc1C. The van der Waals surface area contributed by atoms with Crippen LogP contribution in [0.15, 0.2) is 30.6 Å². The third-order valence-corrected chi connectivity index (χ3v) is 6.57. The molecule has 0 unspecified atom stereocenters. The second-order valence-electron chi connectivity index (χ2n) is 9.39. The van der Waals surface area contributed by atoms with Crippen molar-refractivity contribution in [2.45, 2.75) is 51.9 Å². The van der Waals surface area contributed by atoms with Crippen LogP contribution in [0, 0.1) is 25.5 Å². The molecule has 0 amide bonds. The van der Waals surface area contributed by atoms with Crippen molar-refractivity contribution in [3.05, 3.63) is 59.2 Å². The van der Waals surface area contributed by atoms with Gasteiger partial charge in [-0.05, 0) is 45.7 Å². The molecule has 10 heteroatoms. The van der Waals surface area contributed by atoms with Gasteiger partial charge in [0.25, 0.3) is 0 Å². The second kappa shape index (κ2) is 8.30. The molecule has 1 aromatic carbocycles. The predicted octanol–water partition coefficient (Wildman–Crippen LogP) is 4.48. The molecule has 8 nitrogen and oxygen atoms in total. The Morgan fingerprint density at radius 1 is 1.00 bits per heavy atom. The number of aryl methyl sites for hydroxylation is 2. The monoisotopic (exact) mass is 477 g/mol. The lowest BCUT2D eigenvalue weighted by atomic mass is 10.1. The largest absolute Gasteiger partial charge is 0.367 e. The molecule has 2 fully saturated rings. The summed E-state index contributed by atoms with van der Waals surface area (Å²) in [6, 6.07) is 3.93. The molecule has 4 aromatic rings. The van der Waals surface area contributed by atoms with E-state index in [1.54, 1.807) is 0 Å². The molecule has 2 atom stereocenters. The number of halogens is 2. The van der Waals surface area contributed by atoms with Crippen molar-refractivity contribution in [2.75, 3.05) is 18.0 Å². The van der Waals surface area contributed by atoms with E-state index in [-0.39, 0.29) is 23.5 Å². The average molecular weight is 478 g/mol. The quantitative estimate of drug-likeness (QED) is 0.429. The van der Waals surface area contributed by atoms with Crippen LogP contribution in [0.5, 0.6) is 0 Å². The average Bonchev–Trinajstić information content (AvgIpc) is 3.55. The zero-order valence-electron chi connectivity index (χ0n) is 19.7. The van der Waals surface area contributed by atoms with Gasteiger partial charge in [-0.3, -0.25) is 4.68 Å². The molecule has 3 aromatic heterocycles. The molecule has 4 heterocycles. The summed E-state index contributed by atoms with van der Waals surface area (Å²) >= 11 is 0. The summed E-state index contributed by atoms with van der Waals surface area (Å²) in [7, 11) is 0. The molecule has 1 aliphatic heterocycles. The first-order valence-corrected chi connectivity index (χ1v) is 11.8. The number of rotatable bonds is 4. The van der Waals surface area contributed by atoms with Crippen LogP contribution in [-0.2, 0) is 4.74 Å². The van der Waals surface area contributed by atoms with Gasteiger partial charge in [-0.25, -0.2) is 23.7 Å². The summed E-state index contributed by atoms with van der Waals surface area (Å²) in [5, 5.41) is 4.50. The fourth-order valence-electron chi connectivity index (χ4n) is 4.47. The number of morpholine rings is 1. The van der Waals surface area contributed by atoms with E-state index in [1.807, 2.05) is 36.5 Å². The smallest absolute Gasteiger partial charge is 0.228 e. The van der Waals surface area contributed by atoms with Crippen LogP contribution in [0.1, 0.15) is 48.9 Å². The molecule has 35 heavy (non-hydrogen) atoms.